The molecule has 4 heteroatoms. The molecule has 1 unspecified atom stereocenters. The lowest BCUT2D eigenvalue weighted by Crippen LogP contribution is -2.19. The van der Waals surface area contributed by atoms with Crippen LogP contribution in [0.5, 0.6) is 0 Å². The highest BCUT2D eigenvalue weighted by Gasteiger charge is 2.12. The zero-order valence-corrected chi connectivity index (χ0v) is 14.0. The van der Waals surface area contributed by atoms with Gasteiger partial charge in [0.15, 0.2) is 0 Å². The topological polar surface area (TPSA) is 29.9 Å². The second-order valence-corrected chi connectivity index (χ2v) is 5.80. The number of benzene rings is 1. The van der Waals surface area contributed by atoms with Crippen LogP contribution in [-0.4, -0.2) is 16.3 Å². The number of nitrogens with zero attached hydrogens (tertiary/aromatic N) is 2. The Hall–Kier alpha value is -1.32. The Morgan fingerprint density at radius 2 is 2.10 bits per heavy atom. The highest BCUT2D eigenvalue weighted by molar-refractivity contribution is 6.31. The molecule has 3 nitrogen and oxygen atoms in total. The molecule has 0 bridgehead atoms. The van der Waals surface area contributed by atoms with E-state index in [0.717, 1.165) is 46.9 Å². The van der Waals surface area contributed by atoms with Crippen LogP contribution in [0.15, 0.2) is 24.4 Å². The summed E-state index contributed by atoms with van der Waals surface area (Å²) in [7, 11) is 0. The summed E-state index contributed by atoms with van der Waals surface area (Å²) >= 11 is 6.48. The molecule has 0 amide bonds. The summed E-state index contributed by atoms with van der Waals surface area (Å²) in [5, 5.41) is 8.78. The molecule has 0 saturated heterocycles. The van der Waals surface area contributed by atoms with Crippen LogP contribution in [0.4, 0.5) is 0 Å². The molecule has 0 fully saturated rings. The van der Waals surface area contributed by atoms with Crippen LogP contribution in [0.25, 0.3) is 11.1 Å². The Labute approximate surface area is 132 Å². The van der Waals surface area contributed by atoms with E-state index >= 15 is 0 Å². The first kappa shape index (κ1) is 16.1. The third-order valence-electron chi connectivity index (χ3n) is 3.75. The highest BCUT2D eigenvalue weighted by atomic mass is 35.5. The molecule has 2 aromatic rings. The van der Waals surface area contributed by atoms with Crippen molar-refractivity contribution in [2.24, 2.45) is 0 Å². The third kappa shape index (κ3) is 3.66. The molecule has 0 aliphatic rings. The summed E-state index contributed by atoms with van der Waals surface area (Å²) in [4.78, 5) is 0. The van der Waals surface area contributed by atoms with E-state index in [1.54, 1.807) is 0 Å². The van der Waals surface area contributed by atoms with Crippen molar-refractivity contribution in [3.8, 4) is 11.1 Å². The standard InChI is InChI=1S/C17H24ClN3/c1-5-9-19-12(3)15-8-7-14(10-17(15)18)16-11-21(6-2)20-13(16)4/h7-8,10-12,19H,5-6,9H2,1-4H3. The van der Waals surface area contributed by atoms with Crippen LogP contribution >= 0.6 is 11.6 Å². The largest absolute Gasteiger partial charge is 0.310 e. The van der Waals surface area contributed by atoms with Gasteiger partial charge in [0.2, 0.25) is 0 Å². The lowest BCUT2D eigenvalue weighted by molar-refractivity contribution is 0.571. The van der Waals surface area contributed by atoms with Gasteiger partial charge in [-0.15, -0.1) is 0 Å². The van der Waals surface area contributed by atoms with E-state index < -0.39 is 0 Å². The summed E-state index contributed by atoms with van der Waals surface area (Å²) < 4.78 is 1.96. The fourth-order valence-electron chi connectivity index (χ4n) is 2.48. The van der Waals surface area contributed by atoms with Crippen LogP contribution in [0.2, 0.25) is 5.02 Å². The lowest BCUT2D eigenvalue weighted by atomic mass is 10.0. The van der Waals surface area contributed by atoms with Crippen molar-refractivity contribution in [3.05, 3.63) is 40.7 Å². The molecule has 0 radical (unpaired) electrons. The monoisotopic (exact) mass is 305 g/mol. The molecule has 1 heterocycles. The van der Waals surface area contributed by atoms with Crippen molar-refractivity contribution in [1.82, 2.24) is 15.1 Å². The first-order chi connectivity index (χ1) is 10.1. The molecule has 1 N–H and O–H groups in total. The third-order valence-corrected chi connectivity index (χ3v) is 4.08. The predicted molar refractivity (Wildman–Crippen MR) is 89.8 cm³/mol. The molecule has 1 aromatic heterocycles. The van der Waals surface area contributed by atoms with Crippen molar-refractivity contribution < 1.29 is 0 Å². The van der Waals surface area contributed by atoms with E-state index in [-0.39, 0.29) is 6.04 Å². The van der Waals surface area contributed by atoms with Crippen molar-refractivity contribution in [1.29, 1.82) is 0 Å². The van der Waals surface area contributed by atoms with Crippen LogP contribution in [0, 0.1) is 6.92 Å². The van der Waals surface area contributed by atoms with E-state index in [1.807, 2.05) is 17.7 Å². The van der Waals surface area contributed by atoms with E-state index in [1.165, 1.54) is 0 Å². The van der Waals surface area contributed by atoms with Gasteiger partial charge in [-0.1, -0.05) is 30.7 Å². The molecule has 1 atom stereocenters. The molecule has 114 valence electrons. The number of hydrogen-bond donors (Lipinski definition) is 1. The number of halogens is 1. The van der Waals surface area contributed by atoms with Gasteiger partial charge in [-0.3, -0.25) is 4.68 Å². The van der Waals surface area contributed by atoms with Gasteiger partial charge in [0.05, 0.1) is 5.69 Å². The summed E-state index contributed by atoms with van der Waals surface area (Å²) in [6.07, 6.45) is 3.20. The average molecular weight is 306 g/mol. The molecule has 0 aliphatic heterocycles. The minimum absolute atomic E-state index is 0.269. The Kier molecular flexibility index (Phi) is 5.43. The van der Waals surface area contributed by atoms with Gasteiger partial charge in [0.25, 0.3) is 0 Å². The number of rotatable bonds is 6. The predicted octanol–water partition coefficient (Wildman–Crippen LogP) is 4.59. The zero-order valence-electron chi connectivity index (χ0n) is 13.3. The van der Waals surface area contributed by atoms with Crippen LogP contribution in [-0.2, 0) is 6.54 Å². The quantitative estimate of drug-likeness (QED) is 0.845. The second kappa shape index (κ2) is 7.10. The fraction of sp³-hybridized carbons (Fsp3) is 0.471. The first-order valence-corrected chi connectivity index (χ1v) is 8.01. The summed E-state index contributed by atoms with van der Waals surface area (Å²) in [6.45, 7) is 10.3. The van der Waals surface area contributed by atoms with Gasteiger partial charge in [0.1, 0.15) is 0 Å². The van der Waals surface area contributed by atoms with Crippen molar-refractivity contribution in [2.45, 2.75) is 46.7 Å². The Morgan fingerprint density at radius 3 is 2.67 bits per heavy atom. The zero-order chi connectivity index (χ0) is 15.4. The lowest BCUT2D eigenvalue weighted by Gasteiger charge is -2.16. The summed E-state index contributed by atoms with van der Waals surface area (Å²) in [5.74, 6) is 0. The molecular weight excluding hydrogens is 282 g/mol. The van der Waals surface area contributed by atoms with Crippen molar-refractivity contribution in [3.63, 3.8) is 0 Å². The van der Waals surface area contributed by atoms with Gasteiger partial charge in [0, 0.05) is 29.4 Å². The number of aromatic nitrogens is 2. The van der Waals surface area contributed by atoms with E-state index in [2.05, 4.69) is 49.5 Å². The summed E-state index contributed by atoms with van der Waals surface area (Å²) in [6, 6.07) is 6.57. The fourth-order valence-corrected chi connectivity index (χ4v) is 2.82. The molecule has 21 heavy (non-hydrogen) atoms. The maximum atomic E-state index is 6.48. The molecular formula is C17H24ClN3. The minimum atomic E-state index is 0.269. The smallest absolute Gasteiger partial charge is 0.0672 e. The first-order valence-electron chi connectivity index (χ1n) is 7.64. The normalized spacial score (nSPS) is 12.6. The van der Waals surface area contributed by atoms with Gasteiger partial charge in [-0.2, -0.15) is 5.10 Å². The Morgan fingerprint density at radius 1 is 1.33 bits per heavy atom. The molecule has 0 spiro atoms. The summed E-state index contributed by atoms with van der Waals surface area (Å²) in [5.41, 5.74) is 4.47. The van der Waals surface area contributed by atoms with E-state index in [4.69, 9.17) is 11.6 Å². The van der Waals surface area contributed by atoms with Crippen molar-refractivity contribution in [2.75, 3.05) is 6.54 Å². The SMILES string of the molecule is CCCNC(C)c1ccc(-c2cn(CC)nc2C)cc1Cl. The van der Waals surface area contributed by atoms with Crippen LogP contribution in [0.3, 0.4) is 0 Å². The van der Waals surface area contributed by atoms with Crippen LogP contribution in [0.1, 0.15) is 44.5 Å². The number of hydrogen-bond acceptors (Lipinski definition) is 2. The van der Waals surface area contributed by atoms with Crippen molar-refractivity contribution >= 4 is 11.6 Å². The highest BCUT2D eigenvalue weighted by Crippen LogP contribution is 2.30. The molecule has 2 rings (SSSR count). The van der Waals surface area contributed by atoms with E-state index in [9.17, 15) is 0 Å². The van der Waals surface area contributed by atoms with Crippen LogP contribution < -0.4 is 5.32 Å². The minimum Gasteiger partial charge on any atom is -0.310 e. The maximum Gasteiger partial charge on any atom is 0.0672 e. The Bertz CT molecular complexity index is 604. The number of nitrogens with one attached hydrogen (secondary N) is 1. The molecule has 0 saturated carbocycles. The Balaban J connectivity index is 2.27. The van der Waals surface area contributed by atoms with Gasteiger partial charge in [-0.05, 0) is 50.9 Å². The average Bonchev–Trinajstić information content (AvgIpc) is 2.85. The molecule has 0 aliphatic carbocycles. The number of aryl methyl sites for hydroxylation is 2. The maximum absolute atomic E-state index is 6.48. The molecule has 1 aromatic carbocycles. The van der Waals surface area contributed by atoms with Gasteiger partial charge in [-0.25, -0.2) is 0 Å². The van der Waals surface area contributed by atoms with Gasteiger partial charge < -0.3 is 5.32 Å². The second-order valence-electron chi connectivity index (χ2n) is 5.40. The van der Waals surface area contributed by atoms with Gasteiger partial charge >= 0.3 is 0 Å². The van der Waals surface area contributed by atoms with E-state index in [0.29, 0.717) is 0 Å².